The molecule has 1 atom stereocenters. The molecule has 0 aliphatic carbocycles. The molecule has 1 aromatic carbocycles. The average Bonchev–Trinajstić information content (AvgIpc) is 2.43. The van der Waals surface area contributed by atoms with Crippen molar-refractivity contribution in [1.29, 1.82) is 0 Å². The summed E-state index contributed by atoms with van der Waals surface area (Å²) in [5.41, 5.74) is 0.973. The number of benzene rings is 1. The fourth-order valence-corrected chi connectivity index (χ4v) is 3.39. The Labute approximate surface area is 122 Å². The highest BCUT2D eigenvalue weighted by molar-refractivity contribution is 7.89. The van der Waals surface area contributed by atoms with Gasteiger partial charge in [-0.2, -0.15) is 4.31 Å². The molecule has 1 N–H and O–H groups in total. The first kappa shape index (κ1) is 16.7. The predicted octanol–water partition coefficient (Wildman–Crippen LogP) is 2.70. The highest BCUT2D eigenvalue weighted by Crippen LogP contribution is 2.18. The van der Waals surface area contributed by atoms with E-state index in [-0.39, 0.29) is 6.17 Å². The lowest BCUT2D eigenvalue weighted by Crippen LogP contribution is -2.48. The molecule has 4 nitrogen and oxygen atoms in total. The summed E-state index contributed by atoms with van der Waals surface area (Å²) in [6.45, 7) is 9.35. The van der Waals surface area contributed by atoms with E-state index in [9.17, 15) is 8.42 Å². The van der Waals surface area contributed by atoms with E-state index < -0.39 is 15.3 Å². The van der Waals surface area contributed by atoms with Gasteiger partial charge in [0.2, 0.25) is 10.0 Å². The van der Waals surface area contributed by atoms with Crippen LogP contribution in [0.5, 0.6) is 0 Å². The van der Waals surface area contributed by atoms with E-state index in [1.165, 1.54) is 4.31 Å². The molecule has 0 radical (unpaired) electrons. The second-order valence-electron chi connectivity index (χ2n) is 4.92. The number of rotatable bonds is 8. The van der Waals surface area contributed by atoms with Crippen molar-refractivity contribution >= 4 is 10.0 Å². The molecule has 5 heteroatoms. The number of nitrogens with one attached hydrogen (secondary N) is 1. The van der Waals surface area contributed by atoms with E-state index in [0.717, 1.165) is 5.56 Å². The SMILES string of the molecule is C=CNC(CC)N(Cc1ccccc1)S(=O)(=O)C(C)C. The minimum atomic E-state index is -3.35. The zero-order chi connectivity index (χ0) is 15.2. The molecule has 20 heavy (non-hydrogen) atoms. The van der Waals surface area contributed by atoms with E-state index in [0.29, 0.717) is 13.0 Å². The Morgan fingerprint density at radius 1 is 1.30 bits per heavy atom. The van der Waals surface area contributed by atoms with Gasteiger partial charge >= 0.3 is 0 Å². The molecule has 0 spiro atoms. The summed E-state index contributed by atoms with van der Waals surface area (Å²) < 4.78 is 26.6. The summed E-state index contributed by atoms with van der Waals surface area (Å²) in [7, 11) is -3.35. The van der Waals surface area contributed by atoms with Crippen LogP contribution >= 0.6 is 0 Å². The van der Waals surface area contributed by atoms with Crippen molar-refractivity contribution in [3.05, 3.63) is 48.7 Å². The quantitative estimate of drug-likeness (QED) is 0.750. The zero-order valence-corrected chi connectivity index (χ0v) is 13.2. The van der Waals surface area contributed by atoms with Crippen LogP contribution < -0.4 is 5.32 Å². The van der Waals surface area contributed by atoms with Crippen molar-refractivity contribution in [2.75, 3.05) is 0 Å². The largest absolute Gasteiger partial charge is 0.375 e. The summed E-state index contributed by atoms with van der Waals surface area (Å²) >= 11 is 0. The van der Waals surface area contributed by atoms with Gasteiger partial charge in [-0.05, 0) is 32.0 Å². The third kappa shape index (κ3) is 4.08. The highest BCUT2D eigenvalue weighted by atomic mass is 32.2. The lowest BCUT2D eigenvalue weighted by atomic mass is 10.2. The van der Waals surface area contributed by atoms with E-state index in [1.807, 2.05) is 37.3 Å². The molecule has 0 aliphatic heterocycles. The fourth-order valence-electron chi connectivity index (χ4n) is 1.95. The van der Waals surface area contributed by atoms with Crippen LogP contribution in [0, 0.1) is 0 Å². The lowest BCUT2D eigenvalue weighted by molar-refractivity contribution is 0.278. The molecule has 0 amide bonds. The van der Waals surface area contributed by atoms with Crippen molar-refractivity contribution < 1.29 is 8.42 Å². The molecule has 0 saturated carbocycles. The molecule has 112 valence electrons. The van der Waals surface area contributed by atoms with Gasteiger partial charge in [0.1, 0.15) is 0 Å². The van der Waals surface area contributed by atoms with Gasteiger partial charge in [-0.1, -0.05) is 43.8 Å². The van der Waals surface area contributed by atoms with E-state index in [2.05, 4.69) is 11.9 Å². The van der Waals surface area contributed by atoms with Gasteiger partial charge in [-0.15, -0.1) is 0 Å². The van der Waals surface area contributed by atoms with Crippen molar-refractivity contribution in [3.63, 3.8) is 0 Å². The van der Waals surface area contributed by atoms with Gasteiger partial charge in [0.05, 0.1) is 11.4 Å². The predicted molar refractivity (Wildman–Crippen MR) is 83.5 cm³/mol. The van der Waals surface area contributed by atoms with Crippen molar-refractivity contribution in [2.24, 2.45) is 0 Å². The van der Waals surface area contributed by atoms with Crippen molar-refractivity contribution in [2.45, 2.75) is 45.2 Å². The highest BCUT2D eigenvalue weighted by Gasteiger charge is 2.31. The van der Waals surface area contributed by atoms with Gasteiger partial charge in [-0.25, -0.2) is 8.42 Å². The Hall–Kier alpha value is -1.33. The van der Waals surface area contributed by atoms with Crippen LogP contribution in [-0.2, 0) is 16.6 Å². The summed E-state index contributed by atoms with van der Waals surface area (Å²) in [5.74, 6) is 0. The molecule has 0 aromatic heterocycles. The molecule has 1 unspecified atom stereocenters. The summed E-state index contributed by atoms with van der Waals surface area (Å²) in [6.07, 6.45) is 1.94. The second kappa shape index (κ2) is 7.45. The fraction of sp³-hybridized carbons (Fsp3) is 0.467. The molecule has 0 fully saturated rings. The monoisotopic (exact) mass is 296 g/mol. The standard InChI is InChI=1S/C15H24N2O2S/c1-5-15(16-6-2)17(20(18,19)13(3)4)12-14-10-8-7-9-11-14/h6-11,13,15-16H,2,5,12H2,1,3-4H3. The minimum absolute atomic E-state index is 0.278. The maximum atomic E-state index is 12.6. The van der Waals surface area contributed by atoms with Crippen LogP contribution in [0.4, 0.5) is 0 Å². The number of nitrogens with zero attached hydrogens (tertiary/aromatic N) is 1. The first-order chi connectivity index (χ1) is 9.43. The first-order valence-corrected chi connectivity index (χ1v) is 8.35. The molecule has 0 bridgehead atoms. The zero-order valence-electron chi connectivity index (χ0n) is 12.4. The van der Waals surface area contributed by atoms with Gasteiger partial charge in [0, 0.05) is 6.54 Å². The third-order valence-corrected chi connectivity index (χ3v) is 5.38. The Morgan fingerprint density at radius 3 is 2.35 bits per heavy atom. The minimum Gasteiger partial charge on any atom is -0.375 e. The molecule has 1 aromatic rings. The molecule has 0 aliphatic rings. The van der Waals surface area contributed by atoms with Crippen LogP contribution in [0.25, 0.3) is 0 Å². The van der Waals surface area contributed by atoms with Gasteiger partial charge < -0.3 is 5.32 Å². The van der Waals surface area contributed by atoms with E-state index in [4.69, 9.17) is 0 Å². The topological polar surface area (TPSA) is 49.4 Å². The Bertz CT molecular complexity index is 512. The summed E-state index contributed by atoms with van der Waals surface area (Å²) in [4.78, 5) is 0. The molecular weight excluding hydrogens is 272 g/mol. The Balaban J connectivity index is 3.10. The van der Waals surface area contributed by atoms with E-state index in [1.54, 1.807) is 20.0 Å². The smallest absolute Gasteiger partial charge is 0.218 e. The second-order valence-corrected chi connectivity index (χ2v) is 7.36. The van der Waals surface area contributed by atoms with Crippen molar-refractivity contribution in [1.82, 2.24) is 9.62 Å². The van der Waals surface area contributed by atoms with E-state index >= 15 is 0 Å². The molecule has 0 heterocycles. The van der Waals surface area contributed by atoms with Crippen LogP contribution in [0.15, 0.2) is 43.1 Å². The van der Waals surface area contributed by atoms with Crippen molar-refractivity contribution in [3.8, 4) is 0 Å². The first-order valence-electron chi connectivity index (χ1n) is 6.85. The van der Waals surface area contributed by atoms with Gasteiger partial charge in [-0.3, -0.25) is 0 Å². The number of sulfonamides is 1. The van der Waals surface area contributed by atoms with Crippen LogP contribution in [0.1, 0.15) is 32.8 Å². The average molecular weight is 296 g/mol. The maximum absolute atomic E-state index is 12.6. The normalized spacial score (nSPS) is 13.4. The molecular formula is C15H24N2O2S. The van der Waals surface area contributed by atoms with Crippen LogP contribution in [0.2, 0.25) is 0 Å². The number of hydrogen-bond donors (Lipinski definition) is 1. The van der Waals surface area contributed by atoms with Crippen LogP contribution in [-0.4, -0.2) is 24.1 Å². The van der Waals surface area contributed by atoms with Gasteiger partial charge in [0.25, 0.3) is 0 Å². The Kier molecular flexibility index (Phi) is 6.23. The number of hydrogen-bond acceptors (Lipinski definition) is 3. The lowest BCUT2D eigenvalue weighted by Gasteiger charge is -2.32. The third-order valence-electron chi connectivity index (χ3n) is 3.15. The molecule has 0 saturated heterocycles. The molecule has 1 rings (SSSR count). The summed E-state index contributed by atoms with van der Waals surface area (Å²) in [5, 5.41) is 2.57. The maximum Gasteiger partial charge on any atom is 0.218 e. The summed E-state index contributed by atoms with van der Waals surface area (Å²) in [6, 6.07) is 9.62. The van der Waals surface area contributed by atoms with Gasteiger partial charge in [0.15, 0.2) is 0 Å². The van der Waals surface area contributed by atoms with Crippen LogP contribution in [0.3, 0.4) is 0 Å². The Morgan fingerprint density at radius 2 is 1.90 bits per heavy atom.